The quantitative estimate of drug-likeness (QED) is 0.442. The highest BCUT2D eigenvalue weighted by atomic mass is 16.6. The van der Waals surface area contributed by atoms with Crippen LogP contribution in [0, 0.1) is 10.1 Å². The largest absolute Gasteiger partial charge is 0.497 e. The molecule has 0 saturated heterocycles. The lowest BCUT2D eigenvalue weighted by atomic mass is 10.1. The first-order valence-corrected chi connectivity index (χ1v) is 5.30. The lowest BCUT2D eigenvalue weighted by Crippen LogP contribution is -2.06. The number of rotatable bonds is 6. The highest BCUT2D eigenvalue weighted by Crippen LogP contribution is 2.25. The number of carbonyl (C=O) groups excluding carboxylic acids is 1. The number of esters is 1. The molecule has 18 heavy (non-hydrogen) atoms. The van der Waals surface area contributed by atoms with Gasteiger partial charge in [-0.3, -0.25) is 14.9 Å². The van der Waals surface area contributed by atoms with Gasteiger partial charge in [-0.05, 0) is 25.4 Å². The van der Waals surface area contributed by atoms with E-state index in [9.17, 15) is 14.9 Å². The Bertz CT molecular complexity index is 519. The van der Waals surface area contributed by atoms with Crippen molar-refractivity contribution < 1.29 is 21.9 Å². The molecule has 1 rings (SSSR count). The zero-order valence-corrected chi connectivity index (χ0v) is 10.1. The van der Waals surface area contributed by atoms with Gasteiger partial charge in [0.1, 0.15) is 5.75 Å². The van der Waals surface area contributed by atoms with Crippen LogP contribution in [0.15, 0.2) is 18.2 Å². The fourth-order valence-electron chi connectivity index (χ4n) is 1.32. The van der Waals surface area contributed by atoms with E-state index in [4.69, 9.17) is 7.48 Å². The molecule has 0 saturated carbocycles. The third-order valence-corrected chi connectivity index (χ3v) is 2.13. The van der Waals surface area contributed by atoms with Gasteiger partial charge in [-0.15, -0.1) is 0 Å². The Morgan fingerprint density at radius 2 is 2.28 bits per heavy atom. The molecule has 0 atom stereocenters. The Balaban J connectivity index is 3.20. The number of hydrogen-bond acceptors (Lipinski definition) is 5. The van der Waals surface area contributed by atoms with E-state index in [2.05, 4.69) is 4.74 Å². The molecule has 0 fully saturated rings. The maximum Gasteiger partial charge on any atom is 0.306 e. The summed E-state index contributed by atoms with van der Waals surface area (Å²) in [6, 6.07) is 3.73. The Kier molecular flexibility index (Phi) is 4.03. The number of hydrogen-bond donors (Lipinski definition) is 0. The molecule has 0 unspecified atom stereocenters. The molecule has 1 aromatic carbocycles. The highest BCUT2D eigenvalue weighted by Gasteiger charge is 2.15. The van der Waals surface area contributed by atoms with Crippen LogP contribution in [-0.2, 0) is 15.9 Å². The van der Waals surface area contributed by atoms with Crippen molar-refractivity contribution in [3.05, 3.63) is 33.9 Å². The van der Waals surface area contributed by atoms with E-state index in [-0.39, 0.29) is 17.9 Å². The molecule has 0 aromatic heterocycles. The second-order valence-corrected chi connectivity index (χ2v) is 3.30. The van der Waals surface area contributed by atoms with Crippen molar-refractivity contribution in [2.75, 3.05) is 13.7 Å². The van der Waals surface area contributed by atoms with E-state index >= 15 is 0 Å². The van der Waals surface area contributed by atoms with Crippen molar-refractivity contribution in [1.29, 1.82) is 0 Å². The Hall–Kier alpha value is -2.11. The molecule has 6 heteroatoms. The van der Waals surface area contributed by atoms with Crippen molar-refractivity contribution in [2.45, 2.75) is 19.7 Å². The number of methoxy groups -OCH3 is 1. The zero-order chi connectivity index (χ0) is 15.3. The number of carbonyl (C=O) groups is 1. The second kappa shape index (κ2) is 6.58. The minimum Gasteiger partial charge on any atom is -0.497 e. The maximum absolute atomic E-state index is 11.4. The number of aryl methyl sites for hydroxylation is 1. The van der Waals surface area contributed by atoms with Crippen LogP contribution in [0.3, 0.4) is 0 Å². The Morgan fingerprint density at radius 1 is 1.56 bits per heavy atom. The van der Waals surface area contributed by atoms with Crippen molar-refractivity contribution in [3.63, 3.8) is 0 Å². The van der Waals surface area contributed by atoms with Crippen LogP contribution in [0.5, 0.6) is 5.75 Å². The third-order valence-electron chi connectivity index (χ3n) is 2.13. The lowest BCUT2D eigenvalue weighted by molar-refractivity contribution is -0.385. The van der Waals surface area contributed by atoms with E-state index in [1.54, 1.807) is 6.92 Å². The molecule has 0 aliphatic heterocycles. The van der Waals surface area contributed by atoms with E-state index < -0.39 is 29.4 Å². The summed E-state index contributed by atoms with van der Waals surface area (Å²) in [6.07, 6.45) is -2.82. The van der Waals surface area contributed by atoms with Crippen LogP contribution in [0.1, 0.15) is 21.6 Å². The molecular weight excluding hydrogens is 238 g/mol. The predicted octanol–water partition coefficient (Wildman–Crippen LogP) is 2.10. The van der Waals surface area contributed by atoms with E-state index in [1.165, 1.54) is 19.2 Å². The van der Waals surface area contributed by atoms with Crippen LogP contribution in [0.4, 0.5) is 5.69 Å². The molecular formula is C12H15NO5. The van der Waals surface area contributed by atoms with E-state index in [1.807, 2.05) is 0 Å². The third kappa shape index (κ3) is 3.73. The number of nitro benzene ring substituents is 1. The summed E-state index contributed by atoms with van der Waals surface area (Å²) in [5.74, 6) is -0.479. The van der Waals surface area contributed by atoms with Crippen molar-refractivity contribution in [2.24, 2.45) is 0 Å². The van der Waals surface area contributed by atoms with Crippen LogP contribution in [0.2, 0.25) is 0 Å². The first kappa shape index (κ1) is 11.0. The topological polar surface area (TPSA) is 78.7 Å². The fraction of sp³-hybridized carbons (Fsp3) is 0.417. The molecule has 0 aliphatic rings. The predicted molar refractivity (Wildman–Crippen MR) is 64.6 cm³/mol. The summed E-state index contributed by atoms with van der Waals surface area (Å²) in [5.41, 5.74) is -0.616. The molecule has 0 N–H and O–H groups in total. The summed E-state index contributed by atoms with van der Waals surface area (Å²) in [6.45, 7) is 1.72. The second-order valence-electron chi connectivity index (χ2n) is 3.30. The first-order valence-electron chi connectivity index (χ1n) is 6.30. The number of benzene rings is 1. The molecule has 0 aliphatic carbocycles. The maximum atomic E-state index is 11.4. The summed E-state index contributed by atoms with van der Waals surface area (Å²) in [4.78, 5) is 21.7. The SMILES string of the molecule is [2H]C([2H])(CC(=O)OCC)c1cc(OC)ccc1[N+](=O)[O-]. The van der Waals surface area contributed by atoms with Gasteiger partial charge in [-0.1, -0.05) is 0 Å². The number of ether oxygens (including phenoxy) is 2. The van der Waals surface area contributed by atoms with Gasteiger partial charge in [-0.25, -0.2) is 0 Å². The summed E-state index contributed by atoms with van der Waals surface area (Å²) >= 11 is 0. The van der Waals surface area contributed by atoms with Crippen LogP contribution in [0.25, 0.3) is 0 Å². The van der Waals surface area contributed by atoms with Gasteiger partial charge in [-0.2, -0.15) is 0 Å². The average Bonchev–Trinajstić information content (AvgIpc) is 2.37. The molecule has 0 bridgehead atoms. The molecule has 0 spiro atoms. The lowest BCUT2D eigenvalue weighted by Gasteiger charge is -2.06. The number of nitro groups is 1. The summed E-state index contributed by atoms with van der Waals surface area (Å²) in [5, 5.41) is 11.0. The number of nitrogens with zero attached hydrogens (tertiary/aromatic N) is 1. The van der Waals surface area contributed by atoms with E-state index in [0.29, 0.717) is 0 Å². The van der Waals surface area contributed by atoms with Gasteiger partial charge < -0.3 is 9.47 Å². The van der Waals surface area contributed by atoms with Gasteiger partial charge in [0.05, 0.1) is 18.6 Å². The smallest absolute Gasteiger partial charge is 0.306 e. The van der Waals surface area contributed by atoms with Gasteiger partial charge in [0.15, 0.2) is 0 Å². The fourth-order valence-corrected chi connectivity index (χ4v) is 1.32. The molecule has 6 nitrogen and oxygen atoms in total. The van der Waals surface area contributed by atoms with Gasteiger partial charge >= 0.3 is 5.97 Å². The first-order chi connectivity index (χ1) is 9.31. The van der Waals surface area contributed by atoms with Gasteiger partial charge in [0.2, 0.25) is 0 Å². The molecule has 0 heterocycles. The zero-order valence-electron chi connectivity index (χ0n) is 12.1. The van der Waals surface area contributed by atoms with Crippen molar-refractivity contribution in [1.82, 2.24) is 0 Å². The molecule has 98 valence electrons. The van der Waals surface area contributed by atoms with Gasteiger partial charge in [0, 0.05) is 20.8 Å². The monoisotopic (exact) mass is 255 g/mol. The summed E-state index contributed by atoms with van der Waals surface area (Å²) in [7, 11) is 1.37. The minimum atomic E-state index is -2.22. The van der Waals surface area contributed by atoms with Crippen LogP contribution >= 0.6 is 0 Å². The summed E-state index contributed by atoms with van der Waals surface area (Å²) < 4.78 is 25.4. The van der Waals surface area contributed by atoms with Crippen molar-refractivity contribution in [3.8, 4) is 5.75 Å². The molecule has 0 radical (unpaired) electrons. The standard InChI is InChI=1S/C12H15NO5/c1-3-18-12(14)7-4-9-8-10(17-2)5-6-11(9)13(15)16/h5-6,8H,3-4,7H2,1-2H3/i4D2. The van der Waals surface area contributed by atoms with Crippen LogP contribution < -0.4 is 4.74 Å². The van der Waals surface area contributed by atoms with Crippen molar-refractivity contribution >= 4 is 11.7 Å². The normalized spacial score (nSPS) is 12.3. The average molecular weight is 255 g/mol. The van der Waals surface area contributed by atoms with E-state index in [0.717, 1.165) is 6.07 Å². The van der Waals surface area contributed by atoms with Gasteiger partial charge in [0.25, 0.3) is 5.69 Å². The molecule has 1 aromatic rings. The minimum absolute atomic E-state index is 0.120. The molecule has 0 amide bonds. The Labute approximate surface area is 107 Å². The van der Waals surface area contributed by atoms with Crippen LogP contribution in [-0.4, -0.2) is 24.6 Å². The highest BCUT2D eigenvalue weighted by molar-refractivity contribution is 5.70. The Morgan fingerprint density at radius 3 is 2.83 bits per heavy atom.